The zero-order valence-electron chi connectivity index (χ0n) is 18.5. The number of amides is 2. The highest BCUT2D eigenvalue weighted by atomic mass is 35.5. The summed E-state index contributed by atoms with van der Waals surface area (Å²) >= 11 is 13.3. The number of carbonyl (C=O) groups excluding carboxylic acids is 2. The minimum absolute atomic E-state index is 0.130. The van der Waals surface area contributed by atoms with Crippen molar-refractivity contribution in [2.75, 3.05) is 24.4 Å². The first-order chi connectivity index (χ1) is 16.3. The molecule has 4 rings (SSSR count). The van der Waals surface area contributed by atoms with Crippen molar-refractivity contribution in [3.8, 4) is 11.5 Å². The molecule has 0 radical (unpaired) electrons. The quantitative estimate of drug-likeness (QED) is 0.372. The lowest BCUT2D eigenvalue weighted by molar-refractivity contribution is -0.120. The van der Waals surface area contributed by atoms with E-state index in [1.165, 1.54) is 18.9 Å². The Morgan fingerprint density at radius 3 is 2.21 bits per heavy atom. The van der Waals surface area contributed by atoms with Gasteiger partial charge >= 0.3 is 0 Å². The van der Waals surface area contributed by atoms with Gasteiger partial charge in [-0.25, -0.2) is 4.90 Å². The normalized spacial score (nSPS) is 13.5. The fourth-order valence-corrected chi connectivity index (χ4v) is 4.75. The van der Waals surface area contributed by atoms with E-state index >= 15 is 0 Å². The maximum absolute atomic E-state index is 13.6. The van der Waals surface area contributed by atoms with E-state index in [1.54, 1.807) is 74.7 Å². The number of nitrogens with zero attached hydrogens (tertiary/aromatic N) is 1. The van der Waals surface area contributed by atoms with Crippen LogP contribution in [0.3, 0.4) is 0 Å². The Morgan fingerprint density at radius 2 is 1.56 bits per heavy atom. The Hall–Kier alpha value is -3.13. The van der Waals surface area contributed by atoms with Crippen molar-refractivity contribution in [1.29, 1.82) is 0 Å². The van der Waals surface area contributed by atoms with Gasteiger partial charge in [0.1, 0.15) is 22.1 Å². The van der Waals surface area contributed by atoms with E-state index < -0.39 is 11.8 Å². The molecule has 0 atom stereocenters. The molecular weight excluding hydrogens is 495 g/mol. The topological polar surface area (TPSA) is 67.9 Å². The van der Waals surface area contributed by atoms with Gasteiger partial charge in [0.15, 0.2) is 0 Å². The third-order valence-corrected chi connectivity index (χ3v) is 6.72. The molecule has 1 aliphatic heterocycles. The predicted molar refractivity (Wildman–Crippen MR) is 136 cm³/mol. The van der Waals surface area contributed by atoms with E-state index in [1.807, 2.05) is 0 Å². The predicted octanol–water partition coefficient (Wildman–Crippen LogP) is 6.31. The van der Waals surface area contributed by atoms with E-state index in [4.69, 9.17) is 32.7 Å². The molecule has 3 aromatic carbocycles. The number of hydrogen-bond donors (Lipinski definition) is 1. The molecule has 0 aliphatic carbocycles. The van der Waals surface area contributed by atoms with Crippen molar-refractivity contribution >= 4 is 58.2 Å². The van der Waals surface area contributed by atoms with Gasteiger partial charge in [0, 0.05) is 21.0 Å². The maximum Gasteiger partial charge on any atom is 0.283 e. The molecule has 9 heteroatoms. The average Bonchev–Trinajstić information content (AvgIpc) is 3.04. The summed E-state index contributed by atoms with van der Waals surface area (Å²) in [5.74, 6) is 0.125. The fraction of sp³-hybridized carbons (Fsp3) is 0.120. The molecule has 0 aromatic heterocycles. The van der Waals surface area contributed by atoms with E-state index in [0.29, 0.717) is 38.5 Å². The molecule has 0 unspecified atom stereocenters. The first-order valence-electron chi connectivity index (χ1n) is 10.1. The summed E-state index contributed by atoms with van der Waals surface area (Å²) in [6, 6.07) is 17.2. The molecule has 0 bridgehead atoms. The molecule has 1 heterocycles. The molecule has 0 saturated heterocycles. The van der Waals surface area contributed by atoms with Crippen LogP contribution in [0.2, 0.25) is 10.0 Å². The standard InChI is InChI=1S/C25H20Cl2N2O4S/c1-14-12-16(27)6-10-20(14)29-24(30)22(28-19-13-17(32-2)7-11-21(19)33-3)23(25(29)31)34-18-8-4-15(26)5-9-18/h4-13,28H,1-3H3. The zero-order valence-corrected chi connectivity index (χ0v) is 20.8. The highest BCUT2D eigenvalue weighted by molar-refractivity contribution is 8.04. The van der Waals surface area contributed by atoms with Crippen LogP contribution in [0.25, 0.3) is 0 Å². The lowest BCUT2D eigenvalue weighted by Gasteiger charge is -2.18. The minimum atomic E-state index is -0.489. The first kappa shape index (κ1) is 24.0. The van der Waals surface area contributed by atoms with Crippen molar-refractivity contribution in [1.82, 2.24) is 0 Å². The van der Waals surface area contributed by atoms with Crippen molar-refractivity contribution < 1.29 is 19.1 Å². The summed E-state index contributed by atoms with van der Waals surface area (Å²) in [6.45, 7) is 1.80. The molecule has 174 valence electrons. The van der Waals surface area contributed by atoms with Gasteiger partial charge in [0.05, 0.1) is 25.6 Å². The number of rotatable bonds is 7. The number of halogens is 2. The molecule has 0 saturated carbocycles. The van der Waals surface area contributed by atoms with Gasteiger partial charge in [-0.05, 0) is 67.1 Å². The Kier molecular flexibility index (Phi) is 7.07. The summed E-state index contributed by atoms with van der Waals surface area (Å²) < 4.78 is 10.8. The summed E-state index contributed by atoms with van der Waals surface area (Å²) in [7, 11) is 3.07. The van der Waals surface area contributed by atoms with Gasteiger partial charge in [-0.3, -0.25) is 9.59 Å². The molecule has 0 fully saturated rings. The van der Waals surface area contributed by atoms with Gasteiger partial charge in [-0.15, -0.1) is 0 Å². The molecule has 1 aliphatic rings. The third-order valence-electron chi connectivity index (χ3n) is 5.14. The molecule has 34 heavy (non-hydrogen) atoms. The molecule has 1 N–H and O–H groups in total. The van der Waals surface area contributed by atoms with Crippen LogP contribution in [0.1, 0.15) is 5.56 Å². The number of thioether (sulfide) groups is 1. The number of hydrogen-bond acceptors (Lipinski definition) is 6. The highest BCUT2D eigenvalue weighted by Gasteiger charge is 2.41. The van der Waals surface area contributed by atoms with Gasteiger partial charge < -0.3 is 14.8 Å². The first-order valence-corrected chi connectivity index (χ1v) is 11.7. The molecule has 3 aromatic rings. The number of anilines is 2. The lowest BCUT2D eigenvalue weighted by atomic mass is 10.2. The van der Waals surface area contributed by atoms with Gasteiger partial charge in [-0.2, -0.15) is 0 Å². The van der Waals surface area contributed by atoms with Crippen LogP contribution in [0, 0.1) is 6.92 Å². The summed E-state index contributed by atoms with van der Waals surface area (Å²) in [4.78, 5) is 29.3. The smallest absolute Gasteiger partial charge is 0.283 e. The Balaban J connectivity index is 1.80. The van der Waals surface area contributed by atoms with Crippen LogP contribution in [-0.4, -0.2) is 26.0 Å². The van der Waals surface area contributed by atoms with E-state index in [-0.39, 0.29) is 10.6 Å². The third kappa shape index (κ3) is 4.73. The Bertz CT molecular complexity index is 1310. The number of methoxy groups -OCH3 is 2. The second-order valence-electron chi connectivity index (χ2n) is 7.33. The summed E-state index contributed by atoms with van der Waals surface area (Å²) in [5, 5.41) is 4.21. The highest BCUT2D eigenvalue weighted by Crippen LogP contribution is 2.40. The second-order valence-corrected chi connectivity index (χ2v) is 9.28. The van der Waals surface area contributed by atoms with Crippen molar-refractivity contribution in [2.45, 2.75) is 11.8 Å². The SMILES string of the molecule is COc1ccc(OC)c(NC2=C(Sc3ccc(Cl)cc3)C(=O)N(c3ccc(Cl)cc3C)C2=O)c1. The second kappa shape index (κ2) is 10.0. The average molecular weight is 515 g/mol. The van der Waals surface area contributed by atoms with Crippen molar-refractivity contribution in [3.63, 3.8) is 0 Å². The zero-order chi connectivity index (χ0) is 24.4. The van der Waals surface area contributed by atoms with E-state index in [0.717, 1.165) is 9.80 Å². The molecule has 0 spiro atoms. The van der Waals surface area contributed by atoms with E-state index in [9.17, 15) is 9.59 Å². The summed E-state index contributed by atoms with van der Waals surface area (Å²) in [5.41, 5.74) is 1.78. The van der Waals surface area contributed by atoms with Crippen LogP contribution in [-0.2, 0) is 9.59 Å². The van der Waals surface area contributed by atoms with Crippen molar-refractivity contribution in [2.24, 2.45) is 0 Å². The largest absolute Gasteiger partial charge is 0.497 e. The van der Waals surface area contributed by atoms with E-state index in [2.05, 4.69) is 5.32 Å². The molecular formula is C25H20Cl2N2O4S. The minimum Gasteiger partial charge on any atom is -0.497 e. The number of benzene rings is 3. The summed E-state index contributed by atoms with van der Waals surface area (Å²) in [6.07, 6.45) is 0. The number of aryl methyl sites for hydroxylation is 1. The van der Waals surface area contributed by atoms with Gasteiger partial charge in [0.2, 0.25) is 0 Å². The molecule has 2 amide bonds. The Labute approximate surface area is 211 Å². The number of ether oxygens (including phenoxy) is 2. The fourth-order valence-electron chi connectivity index (χ4n) is 3.47. The Morgan fingerprint density at radius 1 is 0.853 bits per heavy atom. The van der Waals surface area contributed by atoms with Crippen LogP contribution in [0.5, 0.6) is 11.5 Å². The van der Waals surface area contributed by atoms with Gasteiger partial charge in [0.25, 0.3) is 11.8 Å². The number of imide groups is 1. The van der Waals surface area contributed by atoms with Crippen molar-refractivity contribution in [3.05, 3.63) is 86.9 Å². The van der Waals surface area contributed by atoms with Crippen LogP contribution < -0.4 is 19.7 Å². The number of carbonyl (C=O) groups is 2. The number of nitrogens with one attached hydrogen (secondary N) is 1. The maximum atomic E-state index is 13.6. The van der Waals surface area contributed by atoms with Crippen LogP contribution in [0.15, 0.2) is 76.2 Å². The van der Waals surface area contributed by atoms with Crippen LogP contribution in [0.4, 0.5) is 11.4 Å². The lowest BCUT2D eigenvalue weighted by Crippen LogP contribution is -2.33. The van der Waals surface area contributed by atoms with Crippen LogP contribution >= 0.6 is 35.0 Å². The van der Waals surface area contributed by atoms with Gasteiger partial charge in [-0.1, -0.05) is 35.0 Å². The molecule has 6 nitrogen and oxygen atoms in total. The monoisotopic (exact) mass is 514 g/mol.